The van der Waals surface area contributed by atoms with Crippen molar-refractivity contribution in [3.8, 4) is 0 Å². The highest BCUT2D eigenvalue weighted by atomic mass is 16.1. The first-order valence-electron chi connectivity index (χ1n) is 7.32. The molecule has 21 heavy (non-hydrogen) atoms. The molecule has 1 aromatic heterocycles. The molecule has 2 aromatic carbocycles. The zero-order valence-corrected chi connectivity index (χ0v) is 12.7. The summed E-state index contributed by atoms with van der Waals surface area (Å²) >= 11 is 0. The van der Waals surface area contributed by atoms with Crippen molar-refractivity contribution in [1.82, 2.24) is 4.98 Å². The Morgan fingerprint density at radius 1 is 1.10 bits per heavy atom. The maximum absolute atomic E-state index is 12.9. The van der Waals surface area contributed by atoms with E-state index in [1.807, 2.05) is 50.4 Å². The summed E-state index contributed by atoms with van der Waals surface area (Å²) in [5, 5.41) is 1.01. The minimum Gasteiger partial charge on any atom is -0.360 e. The molecular formula is C19H19NO. The van der Waals surface area contributed by atoms with E-state index in [2.05, 4.69) is 18.0 Å². The van der Waals surface area contributed by atoms with Gasteiger partial charge in [0.15, 0.2) is 5.78 Å². The summed E-state index contributed by atoms with van der Waals surface area (Å²) in [5.41, 5.74) is 6.00. The van der Waals surface area contributed by atoms with E-state index in [1.165, 1.54) is 5.56 Å². The Kier molecular flexibility index (Phi) is 3.38. The summed E-state index contributed by atoms with van der Waals surface area (Å²) in [7, 11) is 0. The van der Waals surface area contributed by atoms with Gasteiger partial charge in [-0.3, -0.25) is 4.79 Å². The van der Waals surface area contributed by atoms with Gasteiger partial charge in [-0.2, -0.15) is 0 Å². The van der Waals surface area contributed by atoms with Crippen LogP contribution in [0.15, 0.2) is 42.6 Å². The standard InChI is InChI=1S/C19H19NO/c1-4-14-6-5-7-15-17(11-20-18(14)15)19(21)16-10-12(2)8-9-13(16)3/h5-11,20H,4H2,1-3H3. The Hall–Kier alpha value is -2.35. The van der Waals surface area contributed by atoms with Crippen LogP contribution in [0.1, 0.15) is 39.5 Å². The average Bonchev–Trinajstić information content (AvgIpc) is 2.93. The number of H-pyrrole nitrogens is 1. The second kappa shape index (κ2) is 5.21. The van der Waals surface area contributed by atoms with E-state index in [0.717, 1.165) is 39.6 Å². The Balaban J connectivity index is 2.16. The number of aromatic amines is 1. The molecule has 0 unspecified atom stereocenters. The highest BCUT2D eigenvalue weighted by Crippen LogP contribution is 2.25. The van der Waals surface area contributed by atoms with Crippen molar-refractivity contribution in [2.75, 3.05) is 0 Å². The molecule has 3 aromatic rings. The molecular weight excluding hydrogens is 258 g/mol. The summed E-state index contributed by atoms with van der Waals surface area (Å²) in [5.74, 6) is 0.0932. The lowest BCUT2D eigenvalue weighted by Crippen LogP contribution is -2.03. The van der Waals surface area contributed by atoms with Crippen LogP contribution in [0.2, 0.25) is 0 Å². The predicted octanol–water partition coefficient (Wildman–Crippen LogP) is 4.58. The first-order chi connectivity index (χ1) is 10.1. The molecule has 0 fully saturated rings. The largest absolute Gasteiger partial charge is 0.360 e. The second-order valence-electron chi connectivity index (χ2n) is 5.54. The number of hydrogen-bond acceptors (Lipinski definition) is 1. The van der Waals surface area contributed by atoms with Crippen molar-refractivity contribution in [3.05, 3.63) is 70.4 Å². The molecule has 0 aliphatic carbocycles. The van der Waals surface area contributed by atoms with Crippen LogP contribution >= 0.6 is 0 Å². The SMILES string of the molecule is CCc1cccc2c(C(=O)c3cc(C)ccc3C)c[nH]c12. The van der Waals surface area contributed by atoms with Crippen molar-refractivity contribution in [2.24, 2.45) is 0 Å². The highest BCUT2D eigenvalue weighted by Gasteiger charge is 2.17. The lowest BCUT2D eigenvalue weighted by molar-refractivity contribution is 0.103. The van der Waals surface area contributed by atoms with E-state index in [0.29, 0.717) is 0 Å². The molecule has 2 heteroatoms. The molecule has 1 N–H and O–H groups in total. The van der Waals surface area contributed by atoms with Crippen molar-refractivity contribution in [1.29, 1.82) is 0 Å². The highest BCUT2D eigenvalue weighted by molar-refractivity contribution is 6.17. The maximum atomic E-state index is 12.9. The van der Waals surface area contributed by atoms with Gasteiger partial charge < -0.3 is 4.98 Å². The molecule has 0 bridgehead atoms. The smallest absolute Gasteiger partial charge is 0.195 e. The minimum atomic E-state index is 0.0932. The molecule has 106 valence electrons. The van der Waals surface area contributed by atoms with Crippen LogP contribution in [0.4, 0.5) is 0 Å². The van der Waals surface area contributed by atoms with Crippen molar-refractivity contribution in [3.63, 3.8) is 0 Å². The lowest BCUT2D eigenvalue weighted by Gasteiger charge is -2.06. The maximum Gasteiger partial charge on any atom is 0.195 e. The Bertz CT molecular complexity index is 827. The predicted molar refractivity (Wildman–Crippen MR) is 87.0 cm³/mol. The number of benzene rings is 2. The number of hydrogen-bond donors (Lipinski definition) is 1. The van der Waals surface area contributed by atoms with Gasteiger partial charge in [-0.1, -0.05) is 42.8 Å². The number of nitrogens with one attached hydrogen (secondary N) is 1. The second-order valence-corrected chi connectivity index (χ2v) is 5.54. The first-order valence-corrected chi connectivity index (χ1v) is 7.32. The third-order valence-corrected chi connectivity index (χ3v) is 4.06. The Labute approximate surface area is 124 Å². The number of ketones is 1. The third kappa shape index (κ3) is 2.27. The molecule has 0 saturated heterocycles. The van der Waals surface area contributed by atoms with E-state index < -0.39 is 0 Å². The number of fused-ring (bicyclic) bond motifs is 1. The topological polar surface area (TPSA) is 32.9 Å². The van der Waals surface area contributed by atoms with Crippen molar-refractivity contribution in [2.45, 2.75) is 27.2 Å². The van der Waals surface area contributed by atoms with E-state index in [9.17, 15) is 4.79 Å². The minimum absolute atomic E-state index is 0.0932. The quantitative estimate of drug-likeness (QED) is 0.698. The van der Waals surface area contributed by atoms with Crippen LogP contribution in [-0.2, 0) is 6.42 Å². The number of aromatic nitrogens is 1. The fraction of sp³-hybridized carbons (Fsp3) is 0.211. The zero-order valence-electron chi connectivity index (χ0n) is 12.7. The van der Waals surface area contributed by atoms with Crippen LogP contribution in [0.25, 0.3) is 10.9 Å². The molecule has 0 saturated carbocycles. The number of aryl methyl sites for hydroxylation is 3. The Morgan fingerprint density at radius 2 is 1.90 bits per heavy atom. The molecule has 0 aliphatic rings. The summed E-state index contributed by atoms with van der Waals surface area (Å²) in [6.45, 7) is 6.13. The fourth-order valence-electron chi connectivity index (χ4n) is 2.83. The summed E-state index contributed by atoms with van der Waals surface area (Å²) in [6.07, 6.45) is 2.79. The van der Waals surface area contributed by atoms with Crippen LogP contribution in [0, 0.1) is 13.8 Å². The average molecular weight is 277 g/mol. The summed E-state index contributed by atoms with van der Waals surface area (Å²) in [6, 6.07) is 12.2. The third-order valence-electron chi connectivity index (χ3n) is 4.06. The van der Waals surface area contributed by atoms with Gasteiger partial charge >= 0.3 is 0 Å². The molecule has 0 aliphatic heterocycles. The van der Waals surface area contributed by atoms with E-state index in [4.69, 9.17) is 0 Å². The monoisotopic (exact) mass is 277 g/mol. The molecule has 0 spiro atoms. The molecule has 2 nitrogen and oxygen atoms in total. The number of rotatable bonds is 3. The molecule has 0 radical (unpaired) electrons. The van der Waals surface area contributed by atoms with Crippen LogP contribution in [-0.4, -0.2) is 10.8 Å². The normalized spacial score (nSPS) is 11.0. The van der Waals surface area contributed by atoms with Gasteiger partial charge in [0.2, 0.25) is 0 Å². The van der Waals surface area contributed by atoms with Gasteiger partial charge in [0, 0.05) is 28.2 Å². The molecule has 0 atom stereocenters. The number of para-hydroxylation sites is 1. The van der Waals surface area contributed by atoms with E-state index >= 15 is 0 Å². The van der Waals surface area contributed by atoms with Crippen LogP contribution in [0.5, 0.6) is 0 Å². The van der Waals surface area contributed by atoms with Gasteiger partial charge in [-0.25, -0.2) is 0 Å². The Morgan fingerprint density at radius 3 is 2.67 bits per heavy atom. The van der Waals surface area contributed by atoms with Gasteiger partial charge in [-0.05, 0) is 37.5 Å². The molecule has 3 rings (SSSR count). The van der Waals surface area contributed by atoms with E-state index in [-0.39, 0.29) is 5.78 Å². The molecule has 0 amide bonds. The van der Waals surface area contributed by atoms with Gasteiger partial charge in [-0.15, -0.1) is 0 Å². The van der Waals surface area contributed by atoms with Gasteiger partial charge in [0.05, 0.1) is 0 Å². The first kappa shape index (κ1) is 13.6. The fourth-order valence-corrected chi connectivity index (χ4v) is 2.83. The van der Waals surface area contributed by atoms with Crippen molar-refractivity contribution >= 4 is 16.7 Å². The van der Waals surface area contributed by atoms with Crippen LogP contribution < -0.4 is 0 Å². The van der Waals surface area contributed by atoms with E-state index in [1.54, 1.807) is 0 Å². The van der Waals surface area contributed by atoms with Gasteiger partial charge in [0.25, 0.3) is 0 Å². The number of carbonyl (C=O) groups excluding carboxylic acids is 1. The summed E-state index contributed by atoms with van der Waals surface area (Å²) < 4.78 is 0. The zero-order chi connectivity index (χ0) is 15.0. The summed E-state index contributed by atoms with van der Waals surface area (Å²) in [4.78, 5) is 16.1. The lowest BCUT2D eigenvalue weighted by atomic mass is 9.96. The number of carbonyl (C=O) groups is 1. The van der Waals surface area contributed by atoms with Crippen LogP contribution in [0.3, 0.4) is 0 Å². The van der Waals surface area contributed by atoms with Gasteiger partial charge in [0.1, 0.15) is 0 Å². The van der Waals surface area contributed by atoms with Crippen molar-refractivity contribution < 1.29 is 4.79 Å². The molecule has 1 heterocycles.